The summed E-state index contributed by atoms with van der Waals surface area (Å²) in [5.41, 5.74) is 1.18. The molecule has 0 saturated carbocycles. The van der Waals surface area contributed by atoms with Crippen LogP contribution >= 0.6 is 0 Å². The third kappa shape index (κ3) is 3.09. The number of hydrogen-bond donors (Lipinski definition) is 0. The summed E-state index contributed by atoms with van der Waals surface area (Å²) in [7, 11) is 2.01. The topological polar surface area (TPSA) is 14.2 Å². The van der Waals surface area contributed by atoms with Gasteiger partial charge in [0.1, 0.15) is 0 Å². The van der Waals surface area contributed by atoms with E-state index in [0.29, 0.717) is 6.61 Å². The van der Waals surface area contributed by atoms with Gasteiger partial charge in [0, 0.05) is 19.4 Å². The SMILES string of the molecule is Cn1ccc(COC(C)(C)C)c1. The highest BCUT2D eigenvalue weighted by Crippen LogP contribution is 2.11. The van der Waals surface area contributed by atoms with Crippen LogP contribution in [0, 0.1) is 0 Å². The second-order valence-corrected chi connectivity index (χ2v) is 4.09. The van der Waals surface area contributed by atoms with Crippen molar-refractivity contribution in [2.24, 2.45) is 7.05 Å². The Kier molecular flexibility index (Phi) is 2.58. The Morgan fingerprint density at radius 2 is 2.08 bits per heavy atom. The molecule has 0 spiro atoms. The molecule has 0 unspecified atom stereocenters. The van der Waals surface area contributed by atoms with Crippen molar-refractivity contribution in [2.45, 2.75) is 33.0 Å². The molecular formula is C10H17NO. The van der Waals surface area contributed by atoms with Crippen LogP contribution in [0.5, 0.6) is 0 Å². The van der Waals surface area contributed by atoms with Gasteiger partial charge in [-0.1, -0.05) is 0 Å². The lowest BCUT2D eigenvalue weighted by Gasteiger charge is -2.18. The average Bonchev–Trinajstić information content (AvgIpc) is 2.30. The molecule has 0 saturated heterocycles. The number of rotatable bonds is 2. The first-order valence-corrected chi connectivity index (χ1v) is 4.22. The largest absolute Gasteiger partial charge is 0.371 e. The van der Waals surface area contributed by atoms with Gasteiger partial charge in [0.25, 0.3) is 0 Å². The van der Waals surface area contributed by atoms with Crippen molar-refractivity contribution in [3.8, 4) is 0 Å². The summed E-state index contributed by atoms with van der Waals surface area (Å²) < 4.78 is 7.64. The molecule has 0 aliphatic carbocycles. The summed E-state index contributed by atoms with van der Waals surface area (Å²) in [5, 5.41) is 0. The van der Waals surface area contributed by atoms with Crippen molar-refractivity contribution in [3.05, 3.63) is 24.0 Å². The molecule has 0 N–H and O–H groups in total. The Balaban J connectivity index is 2.44. The molecule has 1 heterocycles. The third-order valence-electron chi connectivity index (χ3n) is 1.57. The Bertz CT molecular complexity index is 245. The van der Waals surface area contributed by atoms with Gasteiger partial charge in [-0.3, -0.25) is 0 Å². The fourth-order valence-corrected chi connectivity index (χ4v) is 0.946. The summed E-state index contributed by atoms with van der Waals surface area (Å²) in [5.74, 6) is 0. The molecule has 68 valence electrons. The summed E-state index contributed by atoms with van der Waals surface area (Å²) >= 11 is 0. The molecule has 0 bridgehead atoms. The molecule has 0 radical (unpaired) electrons. The summed E-state index contributed by atoms with van der Waals surface area (Å²) in [4.78, 5) is 0. The Hall–Kier alpha value is -0.760. The smallest absolute Gasteiger partial charge is 0.0738 e. The number of aromatic nitrogens is 1. The monoisotopic (exact) mass is 167 g/mol. The normalized spacial score (nSPS) is 12.0. The van der Waals surface area contributed by atoms with Crippen molar-refractivity contribution < 1.29 is 4.74 Å². The van der Waals surface area contributed by atoms with Crippen LogP contribution in [-0.2, 0) is 18.4 Å². The molecule has 2 heteroatoms. The van der Waals surface area contributed by atoms with E-state index in [-0.39, 0.29) is 5.60 Å². The lowest BCUT2D eigenvalue weighted by molar-refractivity contribution is -0.0149. The van der Waals surface area contributed by atoms with Gasteiger partial charge >= 0.3 is 0 Å². The van der Waals surface area contributed by atoms with Crippen molar-refractivity contribution in [1.29, 1.82) is 0 Å². The zero-order valence-electron chi connectivity index (χ0n) is 8.29. The van der Waals surface area contributed by atoms with Crippen LogP contribution in [0.1, 0.15) is 26.3 Å². The second-order valence-electron chi connectivity index (χ2n) is 4.09. The Morgan fingerprint density at radius 3 is 2.50 bits per heavy atom. The van der Waals surface area contributed by atoms with Crippen molar-refractivity contribution >= 4 is 0 Å². The zero-order valence-corrected chi connectivity index (χ0v) is 8.29. The fraction of sp³-hybridized carbons (Fsp3) is 0.600. The Labute approximate surface area is 74.2 Å². The van der Waals surface area contributed by atoms with E-state index in [9.17, 15) is 0 Å². The van der Waals surface area contributed by atoms with Gasteiger partial charge in [0.2, 0.25) is 0 Å². The number of hydrogen-bond acceptors (Lipinski definition) is 1. The standard InChI is InChI=1S/C10H17NO/c1-10(2,3)12-8-9-5-6-11(4)7-9/h5-7H,8H2,1-4H3. The molecule has 0 aliphatic heterocycles. The fourth-order valence-electron chi connectivity index (χ4n) is 0.946. The molecule has 1 aromatic heterocycles. The van der Waals surface area contributed by atoms with E-state index in [2.05, 4.69) is 33.0 Å². The van der Waals surface area contributed by atoms with Gasteiger partial charge in [-0.25, -0.2) is 0 Å². The molecule has 12 heavy (non-hydrogen) atoms. The Morgan fingerprint density at radius 1 is 1.42 bits per heavy atom. The van der Waals surface area contributed by atoms with Crippen molar-refractivity contribution in [2.75, 3.05) is 0 Å². The van der Waals surface area contributed by atoms with E-state index in [1.54, 1.807) is 0 Å². The third-order valence-corrected chi connectivity index (χ3v) is 1.57. The minimum absolute atomic E-state index is 0.0458. The average molecular weight is 167 g/mol. The molecule has 0 atom stereocenters. The lowest BCUT2D eigenvalue weighted by Crippen LogP contribution is -2.18. The molecule has 0 fully saturated rings. The highest BCUT2D eigenvalue weighted by molar-refractivity contribution is 5.08. The van der Waals surface area contributed by atoms with Crippen LogP contribution in [0.2, 0.25) is 0 Å². The predicted octanol–water partition coefficient (Wildman–Crippen LogP) is 2.34. The van der Waals surface area contributed by atoms with Gasteiger partial charge in [0.05, 0.1) is 12.2 Å². The maximum atomic E-state index is 5.62. The van der Waals surface area contributed by atoms with Crippen molar-refractivity contribution in [3.63, 3.8) is 0 Å². The summed E-state index contributed by atoms with van der Waals surface area (Å²) in [6, 6.07) is 2.08. The van der Waals surface area contributed by atoms with E-state index in [0.717, 1.165) is 0 Å². The second kappa shape index (κ2) is 3.31. The molecule has 1 aromatic rings. The van der Waals surface area contributed by atoms with Gasteiger partial charge in [-0.05, 0) is 32.4 Å². The van der Waals surface area contributed by atoms with Crippen LogP contribution in [0.25, 0.3) is 0 Å². The van der Waals surface area contributed by atoms with Gasteiger partial charge in [-0.15, -0.1) is 0 Å². The predicted molar refractivity (Wildman–Crippen MR) is 50.0 cm³/mol. The minimum Gasteiger partial charge on any atom is -0.371 e. The maximum Gasteiger partial charge on any atom is 0.0738 e. The van der Waals surface area contributed by atoms with Gasteiger partial charge in [0.15, 0.2) is 0 Å². The van der Waals surface area contributed by atoms with Crippen LogP contribution in [0.15, 0.2) is 18.5 Å². The molecule has 0 amide bonds. The van der Waals surface area contributed by atoms with Gasteiger partial charge < -0.3 is 9.30 Å². The minimum atomic E-state index is -0.0458. The number of aryl methyl sites for hydroxylation is 1. The van der Waals surface area contributed by atoms with E-state index >= 15 is 0 Å². The molecule has 1 rings (SSSR count). The number of ether oxygens (including phenoxy) is 1. The first kappa shape index (κ1) is 9.33. The van der Waals surface area contributed by atoms with Crippen LogP contribution in [-0.4, -0.2) is 10.2 Å². The van der Waals surface area contributed by atoms with E-state index in [4.69, 9.17) is 4.74 Å². The van der Waals surface area contributed by atoms with Crippen LogP contribution < -0.4 is 0 Å². The van der Waals surface area contributed by atoms with E-state index in [1.165, 1.54) is 5.56 Å². The molecular weight excluding hydrogens is 150 g/mol. The van der Waals surface area contributed by atoms with E-state index in [1.807, 2.05) is 17.8 Å². The first-order valence-electron chi connectivity index (χ1n) is 4.22. The highest BCUT2D eigenvalue weighted by atomic mass is 16.5. The maximum absolute atomic E-state index is 5.62. The highest BCUT2D eigenvalue weighted by Gasteiger charge is 2.09. The number of nitrogens with zero attached hydrogens (tertiary/aromatic N) is 1. The van der Waals surface area contributed by atoms with E-state index < -0.39 is 0 Å². The van der Waals surface area contributed by atoms with Crippen LogP contribution in [0.4, 0.5) is 0 Å². The summed E-state index contributed by atoms with van der Waals surface area (Å²) in [6.07, 6.45) is 4.10. The molecule has 2 nitrogen and oxygen atoms in total. The lowest BCUT2D eigenvalue weighted by atomic mass is 10.2. The first-order chi connectivity index (χ1) is 5.47. The quantitative estimate of drug-likeness (QED) is 0.659. The van der Waals surface area contributed by atoms with Crippen LogP contribution in [0.3, 0.4) is 0 Å². The molecule has 0 aliphatic rings. The zero-order chi connectivity index (χ0) is 9.19. The molecule has 0 aromatic carbocycles. The van der Waals surface area contributed by atoms with Gasteiger partial charge in [-0.2, -0.15) is 0 Å². The van der Waals surface area contributed by atoms with Crippen molar-refractivity contribution in [1.82, 2.24) is 4.57 Å². The summed E-state index contributed by atoms with van der Waals surface area (Å²) in [6.45, 7) is 6.90.